The molecular formula is C10H12Br2N2O3S. The van der Waals surface area contributed by atoms with E-state index in [1.54, 1.807) is 12.1 Å². The van der Waals surface area contributed by atoms with Gasteiger partial charge in [-0.05, 0) is 40.5 Å². The number of amides is 1. The molecule has 0 unspecified atom stereocenters. The molecule has 5 nitrogen and oxygen atoms in total. The van der Waals surface area contributed by atoms with Crippen molar-refractivity contribution in [1.82, 2.24) is 4.72 Å². The van der Waals surface area contributed by atoms with Crippen LogP contribution in [0.3, 0.4) is 0 Å². The Balaban J connectivity index is 2.71. The van der Waals surface area contributed by atoms with Gasteiger partial charge in [0.15, 0.2) is 0 Å². The van der Waals surface area contributed by atoms with Crippen LogP contribution in [0.2, 0.25) is 0 Å². The van der Waals surface area contributed by atoms with E-state index in [0.29, 0.717) is 10.9 Å². The lowest BCUT2D eigenvalue weighted by Crippen LogP contribution is -2.26. The number of halogens is 2. The molecule has 0 heterocycles. The number of benzene rings is 1. The second kappa shape index (κ2) is 6.65. The number of nitrogens with two attached hydrogens (primary N) is 1. The monoisotopic (exact) mass is 398 g/mol. The normalized spacial score (nSPS) is 11.4. The highest BCUT2D eigenvalue weighted by Crippen LogP contribution is 2.25. The molecule has 0 spiro atoms. The van der Waals surface area contributed by atoms with E-state index in [1.165, 1.54) is 6.07 Å². The van der Waals surface area contributed by atoms with Crippen molar-refractivity contribution in [1.29, 1.82) is 0 Å². The van der Waals surface area contributed by atoms with E-state index >= 15 is 0 Å². The van der Waals surface area contributed by atoms with E-state index in [-0.39, 0.29) is 17.9 Å². The van der Waals surface area contributed by atoms with E-state index in [1.807, 2.05) is 0 Å². The maximum atomic E-state index is 11.9. The Labute approximate surface area is 122 Å². The van der Waals surface area contributed by atoms with Gasteiger partial charge in [0.05, 0.1) is 4.90 Å². The van der Waals surface area contributed by atoms with Crippen molar-refractivity contribution < 1.29 is 13.2 Å². The number of nitrogens with one attached hydrogen (secondary N) is 1. The molecule has 0 saturated carbocycles. The Morgan fingerprint density at radius 3 is 2.56 bits per heavy atom. The first kappa shape index (κ1) is 15.6. The van der Waals surface area contributed by atoms with Gasteiger partial charge >= 0.3 is 0 Å². The minimum Gasteiger partial charge on any atom is -0.370 e. The summed E-state index contributed by atoms with van der Waals surface area (Å²) in [4.78, 5) is 10.7. The molecule has 1 rings (SSSR count). The molecule has 0 aliphatic rings. The third-order valence-corrected chi connectivity index (χ3v) is 5.01. The highest BCUT2D eigenvalue weighted by molar-refractivity contribution is 9.11. The third kappa shape index (κ3) is 4.68. The molecule has 0 saturated heterocycles. The van der Waals surface area contributed by atoms with Crippen LogP contribution in [-0.2, 0) is 14.8 Å². The Bertz CT molecular complexity index is 546. The minimum absolute atomic E-state index is 0.157. The van der Waals surface area contributed by atoms with E-state index < -0.39 is 15.9 Å². The zero-order valence-corrected chi connectivity index (χ0v) is 13.3. The van der Waals surface area contributed by atoms with Crippen LogP contribution in [-0.4, -0.2) is 20.9 Å². The SMILES string of the molecule is NC(=O)CCCNS(=O)(=O)c1ccc(Br)cc1Br. The van der Waals surface area contributed by atoms with Crippen LogP contribution in [0.25, 0.3) is 0 Å². The first-order chi connectivity index (χ1) is 8.33. The van der Waals surface area contributed by atoms with Crippen LogP contribution in [0.15, 0.2) is 32.0 Å². The summed E-state index contributed by atoms with van der Waals surface area (Å²) in [5, 5.41) is 0. The van der Waals surface area contributed by atoms with Crippen LogP contribution in [0, 0.1) is 0 Å². The van der Waals surface area contributed by atoms with Crippen LogP contribution in [0.5, 0.6) is 0 Å². The van der Waals surface area contributed by atoms with E-state index in [0.717, 1.165) is 4.47 Å². The van der Waals surface area contributed by atoms with Crippen LogP contribution in [0.4, 0.5) is 0 Å². The molecule has 0 atom stereocenters. The maximum Gasteiger partial charge on any atom is 0.241 e. The third-order valence-electron chi connectivity index (χ3n) is 2.08. The quantitative estimate of drug-likeness (QED) is 0.714. The second-order valence-electron chi connectivity index (χ2n) is 3.54. The van der Waals surface area contributed by atoms with Crippen molar-refractivity contribution in [3.8, 4) is 0 Å². The van der Waals surface area contributed by atoms with Gasteiger partial charge in [-0.1, -0.05) is 15.9 Å². The Kier molecular flexibility index (Phi) is 5.77. The van der Waals surface area contributed by atoms with Gasteiger partial charge in [-0.2, -0.15) is 0 Å². The van der Waals surface area contributed by atoms with Crippen molar-refractivity contribution in [2.24, 2.45) is 5.73 Å². The van der Waals surface area contributed by atoms with Crippen LogP contribution >= 0.6 is 31.9 Å². The average molecular weight is 400 g/mol. The van der Waals surface area contributed by atoms with E-state index in [4.69, 9.17) is 5.73 Å². The number of hydrogen-bond donors (Lipinski definition) is 2. The van der Waals surface area contributed by atoms with Gasteiger partial charge in [0.1, 0.15) is 0 Å². The van der Waals surface area contributed by atoms with Crippen LogP contribution in [0.1, 0.15) is 12.8 Å². The summed E-state index contributed by atoms with van der Waals surface area (Å²) in [5.41, 5.74) is 4.97. The molecule has 1 aromatic carbocycles. The number of carbonyl (C=O) groups excluding carboxylic acids is 1. The first-order valence-corrected chi connectivity index (χ1v) is 8.13. The summed E-state index contributed by atoms with van der Waals surface area (Å²) in [6.45, 7) is 0.174. The molecule has 8 heteroatoms. The summed E-state index contributed by atoms with van der Waals surface area (Å²) in [5.74, 6) is -0.445. The fourth-order valence-electron chi connectivity index (χ4n) is 1.24. The number of primary amides is 1. The molecule has 3 N–H and O–H groups in total. The standard InChI is InChI=1S/C10H12Br2N2O3S/c11-7-3-4-9(8(12)6-7)18(16,17)14-5-1-2-10(13)15/h3-4,6,14H,1-2,5H2,(H2,13,15). The highest BCUT2D eigenvalue weighted by Gasteiger charge is 2.16. The predicted molar refractivity (Wildman–Crippen MR) is 75.5 cm³/mol. The lowest BCUT2D eigenvalue weighted by atomic mass is 10.3. The van der Waals surface area contributed by atoms with Gasteiger partial charge in [-0.3, -0.25) is 4.79 Å². The first-order valence-electron chi connectivity index (χ1n) is 5.06. The summed E-state index contributed by atoms with van der Waals surface area (Å²) < 4.78 is 27.5. The molecule has 0 aromatic heterocycles. The summed E-state index contributed by atoms with van der Waals surface area (Å²) in [6, 6.07) is 4.78. The van der Waals surface area contributed by atoms with Gasteiger partial charge in [-0.15, -0.1) is 0 Å². The summed E-state index contributed by atoms with van der Waals surface area (Å²) in [6.07, 6.45) is 0.534. The van der Waals surface area contributed by atoms with Gasteiger partial charge < -0.3 is 5.73 Å². The number of rotatable bonds is 6. The van der Waals surface area contributed by atoms with Gasteiger partial charge in [0.25, 0.3) is 0 Å². The van der Waals surface area contributed by atoms with Crippen molar-refractivity contribution in [3.63, 3.8) is 0 Å². The topological polar surface area (TPSA) is 89.3 Å². The summed E-state index contributed by atoms with van der Waals surface area (Å²) >= 11 is 6.44. The molecule has 0 aliphatic carbocycles. The van der Waals surface area contributed by atoms with Gasteiger partial charge in [0, 0.05) is 21.9 Å². The Morgan fingerprint density at radius 2 is 2.00 bits per heavy atom. The molecule has 1 aromatic rings. The lowest BCUT2D eigenvalue weighted by molar-refractivity contribution is -0.118. The minimum atomic E-state index is -3.58. The van der Waals surface area contributed by atoms with Gasteiger partial charge in [0.2, 0.25) is 15.9 Å². The van der Waals surface area contributed by atoms with Gasteiger partial charge in [-0.25, -0.2) is 13.1 Å². The predicted octanol–water partition coefficient (Wildman–Crippen LogP) is 1.76. The van der Waals surface area contributed by atoms with E-state index in [9.17, 15) is 13.2 Å². The fourth-order valence-corrected chi connectivity index (χ4v) is 4.06. The number of sulfonamides is 1. The largest absolute Gasteiger partial charge is 0.370 e. The summed E-state index contributed by atoms with van der Waals surface area (Å²) in [7, 11) is -3.58. The Hall–Kier alpha value is -0.440. The molecule has 0 aliphatic heterocycles. The number of hydrogen-bond acceptors (Lipinski definition) is 3. The lowest BCUT2D eigenvalue weighted by Gasteiger charge is -2.08. The zero-order chi connectivity index (χ0) is 13.8. The van der Waals surface area contributed by atoms with Crippen molar-refractivity contribution in [2.45, 2.75) is 17.7 Å². The van der Waals surface area contributed by atoms with E-state index in [2.05, 4.69) is 36.6 Å². The van der Waals surface area contributed by atoms with Crippen molar-refractivity contribution in [3.05, 3.63) is 27.1 Å². The Morgan fingerprint density at radius 1 is 1.33 bits per heavy atom. The molecule has 100 valence electrons. The molecular weight excluding hydrogens is 388 g/mol. The second-order valence-corrected chi connectivity index (χ2v) is 7.05. The highest BCUT2D eigenvalue weighted by atomic mass is 79.9. The fraction of sp³-hybridized carbons (Fsp3) is 0.300. The smallest absolute Gasteiger partial charge is 0.241 e. The van der Waals surface area contributed by atoms with Crippen LogP contribution < -0.4 is 10.5 Å². The molecule has 0 radical (unpaired) electrons. The average Bonchev–Trinajstić information content (AvgIpc) is 2.23. The number of carbonyl (C=O) groups is 1. The maximum absolute atomic E-state index is 11.9. The zero-order valence-electron chi connectivity index (χ0n) is 9.32. The molecule has 18 heavy (non-hydrogen) atoms. The molecule has 0 fully saturated rings. The van der Waals surface area contributed by atoms with Crippen molar-refractivity contribution in [2.75, 3.05) is 6.54 Å². The van der Waals surface area contributed by atoms with Crippen molar-refractivity contribution >= 4 is 47.8 Å². The molecule has 0 bridgehead atoms. The molecule has 1 amide bonds.